The van der Waals surface area contributed by atoms with Crippen molar-refractivity contribution < 1.29 is 9.72 Å². The Morgan fingerprint density at radius 3 is 2.90 bits per heavy atom. The third-order valence-electron chi connectivity index (χ3n) is 3.41. The highest BCUT2D eigenvalue weighted by Crippen LogP contribution is 2.17. The van der Waals surface area contributed by atoms with Gasteiger partial charge in [0.05, 0.1) is 4.92 Å². The Hall–Kier alpha value is -2.21. The van der Waals surface area contributed by atoms with E-state index in [1.807, 2.05) is 0 Å². The van der Waals surface area contributed by atoms with Crippen LogP contribution in [-0.4, -0.2) is 22.9 Å². The first-order valence-electron chi connectivity index (χ1n) is 6.55. The SMILES string of the molecule is NC1CCCC1NC(=O)C=Cc1cccc([N+](=O)[O-])c1. The fourth-order valence-electron chi connectivity index (χ4n) is 2.31. The molecule has 3 N–H and O–H groups in total. The Kier molecular flexibility index (Phi) is 4.47. The first kappa shape index (κ1) is 14.2. The highest BCUT2D eigenvalue weighted by Gasteiger charge is 2.24. The van der Waals surface area contributed by atoms with Gasteiger partial charge >= 0.3 is 0 Å². The zero-order valence-electron chi connectivity index (χ0n) is 11.0. The Morgan fingerprint density at radius 2 is 2.25 bits per heavy atom. The van der Waals surface area contributed by atoms with Crippen molar-refractivity contribution in [1.82, 2.24) is 5.32 Å². The molecule has 2 unspecified atom stereocenters. The van der Waals surface area contributed by atoms with Crippen molar-refractivity contribution >= 4 is 17.7 Å². The Morgan fingerprint density at radius 1 is 1.45 bits per heavy atom. The summed E-state index contributed by atoms with van der Waals surface area (Å²) >= 11 is 0. The van der Waals surface area contributed by atoms with Crippen molar-refractivity contribution in [3.05, 3.63) is 46.0 Å². The molecule has 2 atom stereocenters. The second kappa shape index (κ2) is 6.29. The summed E-state index contributed by atoms with van der Waals surface area (Å²) in [7, 11) is 0. The number of hydrogen-bond donors (Lipinski definition) is 2. The molecule has 1 amide bonds. The van der Waals surface area contributed by atoms with E-state index < -0.39 is 4.92 Å². The Balaban J connectivity index is 1.96. The molecule has 6 heteroatoms. The quantitative estimate of drug-likeness (QED) is 0.495. The number of carbonyl (C=O) groups excluding carboxylic acids is 1. The largest absolute Gasteiger partial charge is 0.348 e. The van der Waals surface area contributed by atoms with Gasteiger partial charge in [-0.05, 0) is 30.9 Å². The predicted molar refractivity (Wildman–Crippen MR) is 75.9 cm³/mol. The van der Waals surface area contributed by atoms with Gasteiger partial charge in [0.15, 0.2) is 0 Å². The molecule has 20 heavy (non-hydrogen) atoms. The van der Waals surface area contributed by atoms with E-state index in [1.165, 1.54) is 18.2 Å². The van der Waals surface area contributed by atoms with Crippen molar-refractivity contribution in [3.8, 4) is 0 Å². The summed E-state index contributed by atoms with van der Waals surface area (Å²) in [6, 6.07) is 6.17. The summed E-state index contributed by atoms with van der Waals surface area (Å²) < 4.78 is 0. The molecule has 6 nitrogen and oxygen atoms in total. The molecule has 0 saturated heterocycles. The van der Waals surface area contributed by atoms with Crippen molar-refractivity contribution in [3.63, 3.8) is 0 Å². The smallest absolute Gasteiger partial charge is 0.270 e. The summed E-state index contributed by atoms with van der Waals surface area (Å²) in [4.78, 5) is 21.9. The van der Waals surface area contributed by atoms with Crippen molar-refractivity contribution in [2.45, 2.75) is 31.3 Å². The lowest BCUT2D eigenvalue weighted by molar-refractivity contribution is -0.384. The fourth-order valence-corrected chi connectivity index (χ4v) is 2.31. The van der Waals surface area contributed by atoms with E-state index in [4.69, 9.17) is 5.73 Å². The Bertz CT molecular complexity index is 542. The van der Waals surface area contributed by atoms with Crippen LogP contribution in [0.15, 0.2) is 30.3 Å². The zero-order valence-corrected chi connectivity index (χ0v) is 11.0. The van der Waals surface area contributed by atoms with Crippen LogP contribution in [0.2, 0.25) is 0 Å². The first-order valence-corrected chi connectivity index (χ1v) is 6.55. The van der Waals surface area contributed by atoms with Gasteiger partial charge in [0, 0.05) is 30.3 Å². The van der Waals surface area contributed by atoms with Gasteiger partial charge in [0.1, 0.15) is 0 Å². The third-order valence-corrected chi connectivity index (χ3v) is 3.41. The van der Waals surface area contributed by atoms with Crippen LogP contribution in [0.3, 0.4) is 0 Å². The fraction of sp³-hybridized carbons (Fsp3) is 0.357. The summed E-state index contributed by atoms with van der Waals surface area (Å²) in [5.74, 6) is -0.223. The molecule has 2 rings (SSSR count). The standard InChI is InChI=1S/C14H17N3O3/c15-12-5-2-6-13(12)16-14(18)8-7-10-3-1-4-11(9-10)17(19)20/h1,3-4,7-9,12-13H,2,5-6,15H2,(H,16,18). The molecule has 106 valence electrons. The average Bonchev–Trinajstić information content (AvgIpc) is 2.82. The van der Waals surface area contributed by atoms with Crippen LogP contribution in [0.1, 0.15) is 24.8 Å². The summed E-state index contributed by atoms with van der Waals surface area (Å²) in [5, 5.41) is 13.5. The number of nitro benzene ring substituents is 1. The van der Waals surface area contributed by atoms with Crippen molar-refractivity contribution in [1.29, 1.82) is 0 Å². The predicted octanol–water partition coefficient (Wildman–Crippen LogP) is 1.60. The maximum atomic E-state index is 11.7. The summed E-state index contributed by atoms with van der Waals surface area (Å²) in [6.07, 6.45) is 5.80. The highest BCUT2D eigenvalue weighted by atomic mass is 16.6. The number of carbonyl (C=O) groups is 1. The van der Waals surface area contributed by atoms with Gasteiger partial charge in [0.2, 0.25) is 5.91 Å². The van der Waals surface area contributed by atoms with E-state index >= 15 is 0 Å². The topological polar surface area (TPSA) is 98.3 Å². The second-order valence-corrected chi connectivity index (χ2v) is 4.90. The average molecular weight is 275 g/mol. The minimum atomic E-state index is -0.463. The molecular weight excluding hydrogens is 258 g/mol. The molecule has 0 spiro atoms. The maximum absolute atomic E-state index is 11.7. The van der Waals surface area contributed by atoms with Gasteiger partial charge in [-0.2, -0.15) is 0 Å². The van der Waals surface area contributed by atoms with Gasteiger partial charge in [-0.3, -0.25) is 14.9 Å². The van der Waals surface area contributed by atoms with E-state index in [1.54, 1.807) is 18.2 Å². The van der Waals surface area contributed by atoms with Gasteiger partial charge in [-0.25, -0.2) is 0 Å². The molecule has 1 aliphatic carbocycles. The lowest BCUT2D eigenvalue weighted by Crippen LogP contribution is -2.43. The number of nitrogens with one attached hydrogen (secondary N) is 1. The minimum Gasteiger partial charge on any atom is -0.348 e. The van der Waals surface area contributed by atoms with Crippen LogP contribution in [0.4, 0.5) is 5.69 Å². The van der Waals surface area contributed by atoms with Crippen LogP contribution in [0.5, 0.6) is 0 Å². The molecular formula is C14H17N3O3. The lowest BCUT2D eigenvalue weighted by Gasteiger charge is -2.15. The van der Waals surface area contributed by atoms with Gasteiger partial charge < -0.3 is 11.1 Å². The van der Waals surface area contributed by atoms with Crippen LogP contribution in [-0.2, 0) is 4.79 Å². The number of benzene rings is 1. The monoisotopic (exact) mass is 275 g/mol. The van der Waals surface area contributed by atoms with Crippen LogP contribution < -0.4 is 11.1 Å². The summed E-state index contributed by atoms with van der Waals surface area (Å²) in [5.41, 5.74) is 6.49. The molecule has 1 aromatic rings. The third kappa shape index (κ3) is 3.64. The zero-order chi connectivity index (χ0) is 14.5. The maximum Gasteiger partial charge on any atom is 0.270 e. The highest BCUT2D eigenvalue weighted by molar-refractivity contribution is 5.92. The van der Waals surface area contributed by atoms with E-state index in [0.717, 1.165) is 19.3 Å². The minimum absolute atomic E-state index is 0.00498. The van der Waals surface area contributed by atoms with E-state index in [0.29, 0.717) is 5.56 Å². The number of rotatable bonds is 4. The molecule has 1 aliphatic rings. The second-order valence-electron chi connectivity index (χ2n) is 4.90. The number of nitrogens with zero attached hydrogens (tertiary/aromatic N) is 1. The normalized spacial score (nSPS) is 22.1. The number of amides is 1. The Labute approximate surface area is 116 Å². The number of nitrogens with two attached hydrogens (primary N) is 1. The van der Waals surface area contributed by atoms with Crippen LogP contribution >= 0.6 is 0 Å². The van der Waals surface area contributed by atoms with E-state index in [2.05, 4.69) is 5.32 Å². The molecule has 0 aromatic heterocycles. The molecule has 1 saturated carbocycles. The van der Waals surface area contributed by atoms with Crippen molar-refractivity contribution in [2.75, 3.05) is 0 Å². The van der Waals surface area contributed by atoms with Gasteiger partial charge in [0.25, 0.3) is 5.69 Å². The number of hydrogen-bond acceptors (Lipinski definition) is 4. The summed E-state index contributed by atoms with van der Waals surface area (Å²) in [6.45, 7) is 0. The molecule has 0 heterocycles. The molecule has 0 radical (unpaired) electrons. The molecule has 0 aliphatic heterocycles. The number of non-ortho nitro benzene ring substituents is 1. The van der Waals surface area contributed by atoms with Crippen LogP contribution in [0, 0.1) is 10.1 Å². The van der Waals surface area contributed by atoms with Gasteiger partial charge in [-0.1, -0.05) is 12.1 Å². The van der Waals surface area contributed by atoms with E-state index in [9.17, 15) is 14.9 Å². The van der Waals surface area contributed by atoms with Gasteiger partial charge in [-0.15, -0.1) is 0 Å². The van der Waals surface area contributed by atoms with E-state index in [-0.39, 0.29) is 23.7 Å². The first-order chi connectivity index (χ1) is 9.56. The van der Waals surface area contributed by atoms with Crippen LogP contribution in [0.25, 0.3) is 6.08 Å². The molecule has 1 fully saturated rings. The number of nitro groups is 1. The molecule has 0 bridgehead atoms. The lowest BCUT2D eigenvalue weighted by atomic mass is 10.1. The van der Waals surface area contributed by atoms with Crippen molar-refractivity contribution in [2.24, 2.45) is 5.73 Å². The molecule has 1 aromatic carbocycles.